The Morgan fingerprint density at radius 1 is 1.20 bits per heavy atom. The molecule has 1 saturated heterocycles. The van der Waals surface area contributed by atoms with Crippen LogP contribution in [0.2, 0.25) is 0 Å². The van der Waals surface area contributed by atoms with E-state index in [1.807, 2.05) is 17.0 Å². The number of hydrogen-bond acceptors (Lipinski definition) is 7. The number of rotatable bonds is 9. The number of hydrogen-bond donors (Lipinski definition) is 1. The molecule has 140 valence electrons. The predicted molar refractivity (Wildman–Crippen MR) is 102 cm³/mol. The Balaban J connectivity index is 2.27. The van der Waals surface area contributed by atoms with Gasteiger partial charge in [-0.3, -0.25) is 4.79 Å². The molecule has 1 heterocycles. The minimum atomic E-state index is -0.0790. The molecular formula is C17H25NO5S2. The molecule has 6 nitrogen and oxygen atoms in total. The zero-order valence-electron chi connectivity index (χ0n) is 14.8. The fraction of sp³-hybridized carbons (Fsp3) is 0.588. The molecule has 0 aromatic heterocycles. The molecule has 1 fully saturated rings. The van der Waals surface area contributed by atoms with Gasteiger partial charge in [0.25, 0.3) is 0 Å². The average Bonchev–Trinajstić information content (AvgIpc) is 2.64. The molecule has 1 aromatic rings. The van der Waals surface area contributed by atoms with Crippen LogP contribution >= 0.6 is 23.5 Å². The summed E-state index contributed by atoms with van der Waals surface area (Å²) in [5, 5.41) is 8.83. The van der Waals surface area contributed by atoms with Crippen LogP contribution in [0.5, 0.6) is 17.2 Å². The van der Waals surface area contributed by atoms with E-state index in [4.69, 9.17) is 19.3 Å². The van der Waals surface area contributed by atoms with Gasteiger partial charge in [-0.1, -0.05) is 0 Å². The molecule has 2 rings (SSSR count). The summed E-state index contributed by atoms with van der Waals surface area (Å²) < 4.78 is 16.2. The van der Waals surface area contributed by atoms with Gasteiger partial charge in [0.1, 0.15) is 5.37 Å². The second-order valence-corrected chi connectivity index (χ2v) is 7.77. The smallest absolute Gasteiger partial charge is 0.224 e. The number of aliphatic hydroxyl groups is 1. The highest BCUT2D eigenvalue weighted by atomic mass is 32.2. The third kappa shape index (κ3) is 4.89. The van der Waals surface area contributed by atoms with Crippen molar-refractivity contribution in [3.05, 3.63) is 17.7 Å². The van der Waals surface area contributed by atoms with Gasteiger partial charge < -0.3 is 24.2 Å². The molecule has 1 unspecified atom stereocenters. The van der Waals surface area contributed by atoms with Crippen molar-refractivity contribution in [3.8, 4) is 17.2 Å². The largest absolute Gasteiger partial charge is 0.493 e. The summed E-state index contributed by atoms with van der Waals surface area (Å²) in [6, 6.07) is 3.82. The van der Waals surface area contributed by atoms with E-state index >= 15 is 0 Å². The Labute approximate surface area is 157 Å². The fourth-order valence-electron chi connectivity index (χ4n) is 2.71. The van der Waals surface area contributed by atoms with Gasteiger partial charge in [0.15, 0.2) is 11.5 Å². The molecule has 0 saturated carbocycles. The van der Waals surface area contributed by atoms with E-state index in [0.717, 1.165) is 17.1 Å². The molecule has 1 atom stereocenters. The average molecular weight is 388 g/mol. The van der Waals surface area contributed by atoms with Crippen LogP contribution < -0.4 is 14.2 Å². The summed E-state index contributed by atoms with van der Waals surface area (Å²) in [5.41, 5.74) is 0.958. The van der Waals surface area contributed by atoms with Crippen molar-refractivity contribution < 1.29 is 24.1 Å². The molecule has 8 heteroatoms. The summed E-state index contributed by atoms with van der Waals surface area (Å²) in [5.74, 6) is 4.15. The van der Waals surface area contributed by atoms with Gasteiger partial charge in [0.05, 0.1) is 27.9 Å². The van der Waals surface area contributed by atoms with Gasteiger partial charge >= 0.3 is 0 Å². The zero-order chi connectivity index (χ0) is 18.2. The molecule has 1 N–H and O–H groups in total. The van der Waals surface area contributed by atoms with Gasteiger partial charge in [-0.05, 0) is 17.7 Å². The number of nitrogens with zero attached hydrogens (tertiary/aromatic N) is 1. The lowest BCUT2D eigenvalue weighted by atomic mass is 10.1. The molecule has 1 aliphatic rings. The maximum absolute atomic E-state index is 12.4. The molecule has 1 aromatic carbocycles. The SMILES string of the molecule is COc1cc(C2SCCC(=O)N2CCSCCO)cc(OC)c1OC. The predicted octanol–water partition coefficient (Wildman–Crippen LogP) is 2.40. The first-order valence-electron chi connectivity index (χ1n) is 8.05. The number of carbonyl (C=O) groups excluding carboxylic acids is 1. The van der Waals surface area contributed by atoms with Crippen LogP contribution in [0.4, 0.5) is 0 Å². The molecule has 1 amide bonds. The molecule has 0 radical (unpaired) electrons. The summed E-state index contributed by atoms with van der Waals surface area (Å²) >= 11 is 3.38. The van der Waals surface area contributed by atoms with Gasteiger partial charge in [0.2, 0.25) is 11.7 Å². The van der Waals surface area contributed by atoms with Crippen LogP contribution in [-0.2, 0) is 4.79 Å². The van der Waals surface area contributed by atoms with Crippen molar-refractivity contribution in [2.75, 3.05) is 51.7 Å². The van der Waals surface area contributed by atoms with E-state index in [1.165, 1.54) is 0 Å². The van der Waals surface area contributed by atoms with Crippen molar-refractivity contribution in [3.63, 3.8) is 0 Å². The van der Waals surface area contributed by atoms with Crippen LogP contribution in [0.1, 0.15) is 17.4 Å². The topological polar surface area (TPSA) is 68.2 Å². The first-order chi connectivity index (χ1) is 12.2. The Hall–Kier alpha value is -1.25. The molecule has 1 aliphatic heterocycles. The molecule has 0 bridgehead atoms. The number of benzene rings is 1. The highest BCUT2D eigenvalue weighted by Crippen LogP contribution is 2.44. The Bertz CT molecular complexity index is 559. The number of carbonyl (C=O) groups is 1. The van der Waals surface area contributed by atoms with Crippen LogP contribution in [0, 0.1) is 0 Å². The quantitative estimate of drug-likeness (QED) is 0.653. The van der Waals surface area contributed by atoms with Crippen LogP contribution in [0.15, 0.2) is 12.1 Å². The van der Waals surface area contributed by atoms with E-state index in [1.54, 1.807) is 44.9 Å². The third-order valence-electron chi connectivity index (χ3n) is 3.88. The van der Waals surface area contributed by atoms with Crippen molar-refractivity contribution >= 4 is 29.4 Å². The van der Waals surface area contributed by atoms with Crippen LogP contribution in [0.3, 0.4) is 0 Å². The lowest BCUT2D eigenvalue weighted by molar-refractivity contribution is -0.131. The van der Waals surface area contributed by atoms with Crippen molar-refractivity contribution in [2.24, 2.45) is 0 Å². The van der Waals surface area contributed by atoms with E-state index in [9.17, 15) is 4.79 Å². The third-order valence-corrected chi connectivity index (χ3v) is 6.10. The number of aliphatic hydroxyl groups excluding tert-OH is 1. The van der Waals surface area contributed by atoms with Crippen LogP contribution in [0.25, 0.3) is 0 Å². The first-order valence-corrected chi connectivity index (χ1v) is 10.3. The second kappa shape index (κ2) is 10.0. The summed E-state index contributed by atoms with van der Waals surface area (Å²) in [6.45, 7) is 0.807. The Morgan fingerprint density at radius 3 is 2.44 bits per heavy atom. The van der Waals surface area contributed by atoms with Gasteiger partial charge in [-0.2, -0.15) is 11.8 Å². The number of methoxy groups -OCH3 is 3. The summed E-state index contributed by atoms with van der Waals surface area (Å²) in [7, 11) is 4.75. The van der Waals surface area contributed by atoms with Gasteiger partial charge in [-0.25, -0.2) is 0 Å². The molecule has 0 aliphatic carbocycles. The number of amides is 1. The van der Waals surface area contributed by atoms with Gasteiger partial charge in [0, 0.05) is 30.2 Å². The zero-order valence-corrected chi connectivity index (χ0v) is 16.5. The van der Waals surface area contributed by atoms with E-state index in [0.29, 0.717) is 36.0 Å². The monoisotopic (exact) mass is 387 g/mol. The first kappa shape index (κ1) is 20.1. The van der Waals surface area contributed by atoms with Crippen molar-refractivity contribution in [1.82, 2.24) is 4.90 Å². The standard InChI is InChI=1S/C17H25NO5S2/c1-21-13-10-12(11-14(22-2)16(13)23-3)17-18(5-8-24-9-6-19)15(20)4-7-25-17/h10-11,17,19H,4-9H2,1-3H3. The second-order valence-electron chi connectivity index (χ2n) is 5.35. The Morgan fingerprint density at radius 2 is 1.88 bits per heavy atom. The normalized spacial score (nSPS) is 17.5. The highest BCUT2D eigenvalue weighted by Gasteiger charge is 2.31. The lowest BCUT2D eigenvalue weighted by Gasteiger charge is -2.35. The van der Waals surface area contributed by atoms with E-state index < -0.39 is 0 Å². The minimum Gasteiger partial charge on any atom is -0.493 e. The maximum Gasteiger partial charge on any atom is 0.224 e. The van der Waals surface area contributed by atoms with Gasteiger partial charge in [-0.15, -0.1) is 11.8 Å². The minimum absolute atomic E-state index is 0.0790. The Kier molecular flexibility index (Phi) is 8.05. The van der Waals surface area contributed by atoms with Crippen molar-refractivity contribution in [1.29, 1.82) is 0 Å². The van der Waals surface area contributed by atoms with E-state index in [-0.39, 0.29) is 17.9 Å². The van der Waals surface area contributed by atoms with E-state index in [2.05, 4.69) is 0 Å². The summed E-state index contributed by atoms with van der Waals surface area (Å²) in [6.07, 6.45) is 0.552. The van der Waals surface area contributed by atoms with Crippen LogP contribution in [-0.4, -0.2) is 67.7 Å². The lowest BCUT2D eigenvalue weighted by Crippen LogP contribution is -2.38. The van der Waals surface area contributed by atoms with Crippen molar-refractivity contribution in [2.45, 2.75) is 11.8 Å². The highest BCUT2D eigenvalue weighted by molar-refractivity contribution is 7.99. The maximum atomic E-state index is 12.4. The molecule has 0 spiro atoms. The molecule has 25 heavy (non-hydrogen) atoms. The fourth-order valence-corrected chi connectivity index (χ4v) is 4.62. The number of ether oxygens (including phenoxy) is 3. The summed E-state index contributed by atoms with van der Waals surface area (Å²) in [4.78, 5) is 14.3. The number of thioether (sulfide) groups is 2. The molecular weight excluding hydrogens is 362 g/mol.